The molecule has 10 nitrogen and oxygen atoms in total. The number of hydrogen-bond donors (Lipinski definition) is 8. The number of carboxylic acid groups (broad SMARTS) is 2. The predicted molar refractivity (Wildman–Crippen MR) is 110 cm³/mol. The number of carbonyl (C=O) groups is 2. The molecule has 10 heteroatoms. The van der Waals surface area contributed by atoms with E-state index in [1.807, 2.05) is 0 Å². The number of aromatic hydroxyl groups is 4. The third-order valence-corrected chi connectivity index (χ3v) is 3.50. The van der Waals surface area contributed by atoms with Gasteiger partial charge in [0, 0.05) is 0 Å². The van der Waals surface area contributed by atoms with Crippen molar-refractivity contribution in [2.45, 2.75) is 25.7 Å². The highest BCUT2D eigenvalue weighted by Gasteiger charge is 2.01. The molecule has 0 aromatic heterocycles. The lowest BCUT2D eigenvalue weighted by Gasteiger charge is -2.00. The van der Waals surface area contributed by atoms with Crippen LogP contribution in [0.5, 0.6) is 23.0 Å². The molecule has 30 heavy (non-hydrogen) atoms. The second-order valence-corrected chi connectivity index (χ2v) is 6.01. The first-order valence-corrected chi connectivity index (χ1v) is 8.96. The Hall–Kier alpha value is -3.50. The third-order valence-electron chi connectivity index (χ3n) is 3.50. The lowest BCUT2D eigenvalue weighted by atomic mass is 10.1. The molecule has 0 aliphatic heterocycles. The summed E-state index contributed by atoms with van der Waals surface area (Å²) in [4.78, 5) is 19.3. The van der Waals surface area contributed by atoms with Gasteiger partial charge in [0.05, 0.1) is 12.8 Å². The van der Waals surface area contributed by atoms with E-state index in [-0.39, 0.29) is 35.8 Å². The van der Waals surface area contributed by atoms with Crippen molar-refractivity contribution in [1.82, 2.24) is 0 Å². The van der Waals surface area contributed by atoms with Crippen LogP contribution in [0.25, 0.3) is 0 Å². The minimum atomic E-state index is -1.08. The minimum absolute atomic E-state index is 0.0871. The summed E-state index contributed by atoms with van der Waals surface area (Å²) in [5.74, 6) is -2.51. The molecule has 0 heterocycles. The Bertz CT molecular complexity index is 744. The van der Waals surface area contributed by atoms with Crippen LogP contribution in [0.1, 0.15) is 24.0 Å². The zero-order chi connectivity index (χ0) is 23.1. The second kappa shape index (κ2) is 14.5. The maximum atomic E-state index is 9.64. The molecule has 0 saturated heterocycles. The van der Waals surface area contributed by atoms with Crippen molar-refractivity contribution >= 4 is 11.9 Å². The van der Waals surface area contributed by atoms with E-state index in [4.69, 9.17) is 42.1 Å². The molecule has 166 valence electrons. The summed E-state index contributed by atoms with van der Waals surface area (Å²) in [6, 6.07) is 9.43. The second-order valence-electron chi connectivity index (χ2n) is 6.01. The van der Waals surface area contributed by atoms with Gasteiger partial charge in [-0.15, -0.1) is 0 Å². The van der Waals surface area contributed by atoms with E-state index in [0.29, 0.717) is 25.9 Å². The van der Waals surface area contributed by atoms with E-state index in [1.54, 1.807) is 12.1 Å². The Kier molecular flexibility index (Phi) is 12.8. The molecule has 0 aliphatic rings. The molecule has 0 unspecified atom stereocenters. The van der Waals surface area contributed by atoms with Crippen molar-refractivity contribution in [3.63, 3.8) is 0 Å². The molecule has 0 radical (unpaired) electrons. The van der Waals surface area contributed by atoms with Crippen LogP contribution in [0.4, 0.5) is 0 Å². The normalized spacial score (nSPS) is 9.53. The Morgan fingerprint density at radius 3 is 1.20 bits per heavy atom. The number of hydrogen-bond acceptors (Lipinski definition) is 8. The molecule has 2 aromatic carbocycles. The molecule has 0 bridgehead atoms. The van der Waals surface area contributed by atoms with E-state index in [1.165, 1.54) is 24.3 Å². The molecule has 0 aliphatic carbocycles. The summed E-state index contributed by atoms with van der Waals surface area (Å²) in [6.45, 7) is 1.09. The number of carboxylic acids is 2. The third kappa shape index (κ3) is 12.1. The zero-order valence-corrected chi connectivity index (χ0v) is 16.4. The predicted octanol–water partition coefficient (Wildman–Crippen LogP) is 1.13. The number of benzene rings is 2. The smallest absolute Gasteiger partial charge is 0.303 e. The van der Waals surface area contributed by atoms with Gasteiger partial charge in [-0.1, -0.05) is 12.1 Å². The average Bonchev–Trinajstić information content (AvgIpc) is 2.68. The van der Waals surface area contributed by atoms with Crippen LogP contribution < -0.4 is 11.5 Å². The highest BCUT2D eigenvalue weighted by atomic mass is 16.4. The Morgan fingerprint density at radius 1 is 0.633 bits per heavy atom. The maximum absolute atomic E-state index is 9.64. The maximum Gasteiger partial charge on any atom is 0.303 e. The van der Waals surface area contributed by atoms with Gasteiger partial charge >= 0.3 is 11.9 Å². The molecule has 0 atom stereocenters. The van der Waals surface area contributed by atoms with E-state index < -0.39 is 11.9 Å². The van der Waals surface area contributed by atoms with Gasteiger partial charge in [-0.3, -0.25) is 9.59 Å². The van der Waals surface area contributed by atoms with Crippen LogP contribution in [-0.2, 0) is 22.4 Å². The first-order chi connectivity index (χ1) is 14.1. The van der Waals surface area contributed by atoms with Crippen molar-refractivity contribution in [1.29, 1.82) is 0 Å². The van der Waals surface area contributed by atoms with Gasteiger partial charge in [0.2, 0.25) is 0 Å². The molecule has 0 spiro atoms. The van der Waals surface area contributed by atoms with Crippen LogP contribution in [0.2, 0.25) is 0 Å². The van der Waals surface area contributed by atoms with E-state index in [2.05, 4.69) is 0 Å². The van der Waals surface area contributed by atoms with E-state index in [0.717, 1.165) is 11.1 Å². The summed E-state index contributed by atoms with van der Waals surface area (Å²) in [6.07, 6.45) is 0.840. The minimum Gasteiger partial charge on any atom is -0.504 e. The number of aliphatic carboxylic acids is 2. The Labute approximate surface area is 173 Å². The van der Waals surface area contributed by atoms with Crippen LogP contribution in [0, 0.1) is 0 Å². The Morgan fingerprint density at radius 2 is 0.967 bits per heavy atom. The van der Waals surface area contributed by atoms with Gasteiger partial charge in [-0.05, 0) is 61.3 Å². The summed E-state index contributed by atoms with van der Waals surface area (Å²) < 4.78 is 0. The Balaban J connectivity index is 0.000000428. The van der Waals surface area contributed by atoms with Crippen LogP contribution in [-0.4, -0.2) is 55.7 Å². The van der Waals surface area contributed by atoms with Crippen LogP contribution in [0.15, 0.2) is 36.4 Å². The lowest BCUT2D eigenvalue weighted by Crippen LogP contribution is -2.02. The summed E-state index contributed by atoms with van der Waals surface area (Å²) >= 11 is 0. The largest absolute Gasteiger partial charge is 0.504 e. The molecule has 0 amide bonds. The van der Waals surface area contributed by atoms with Crippen LogP contribution >= 0.6 is 0 Å². The number of phenols is 4. The quantitative estimate of drug-likeness (QED) is 0.297. The summed E-state index contributed by atoms with van der Waals surface area (Å²) in [5, 5.41) is 51.7. The summed E-state index contributed by atoms with van der Waals surface area (Å²) in [7, 11) is 0. The molecule has 2 rings (SSSR count). The average molecular weight is 424 g/mol. The standard InChI is InChI=1S/2C8H11NO2.C4H6O4/c2*9-4-3-6-1-2-7(10)8(11)5-6;5-3(6)1-2-4(7)8/h2*1-2,5,10-11H,3-4,9H2;1-2H2,(H,5,6)(H,7,8). The number of phenolic OH excluding ortho intramolecular Hbond substituents is 4. The SMILES string of the molecule is NCCc1ccc(O)c(O)c1.NCCc1ccc(O)c(O)c1.O=C(O)CCC(=O)O. The van der Waals surface area contributed by atoms with E-state index >= 15 is 0 Å². The topological polar surface area (TPSA) is 208 Å². The van der Waals surface area contributed by atoms with Crippen molar-refractivity contribution in [2.24, 2.45) is 11.5 Å². The fraction of sp³-hybridized carbons (Fsp3) is 0.300. The monoisotopic (exact) mass is 424 g/mol. The van der Waals surface area contributed by atoms with Gasteiger partial charge < -0.3 is 42.1 Å². The van der Waals surface area contributed by atoms with Crippen molar-refractivity contribution in [3.8, 4) is 23.0 Å². The van der Waals surface area contributed by atoms with Crippen molar-refractivity contribution in [2.75, 3.05) is 13.1 Å². The molecule has 10 N–H and O–H groups in total. The van der Waals surface area contributed by atoms with Crippen molar-refractivity contribution < 1.29 is 40.2 Å². The fourth-order valence-corrected chi connectivity index (χ4v) is 2.00. The first-order valence-electron chi connectivity index (χ1n) is 8.96. The molecule has 0 saturated carbocycles. The van der Waals surface area contributed by atoms with Gasteiger partial charge in [0.25, 0.3) is 0 Å². The van der Waals surface area contributed by atoms with Gasteiger partial charge in [0.15, 0.2) is 23.0 Å². The lowest BCUT2D eigenvalue weighted by molar-refractivity contribution is -0.143. The first kappa shape index (κ1) is 26.5. The molecule has 2 aromatic rings. The summed E-state index contributed by atoms with van der Waals surface area (Å²) in [5.41, 5.74) is 12.5. The molecular weight excluding hydrogens is 396 g/mol. The van der Waals surface area contributed by atoms with Crippen LogP contribution in [0.3, 0.4) is 0 Å². The molecular formula is C20H28N2O8. The van der Waals surface area contributed by atoms with Gasteiger partial charge in [0.1, 0.15) is 0 Å². The van der Waals surface area contributed by atoms with Gasteiger partial charge in [-0.2, -0.15) is 0 Å². The zero-order valence-electron chi connectivity index (χ0n) is 16.4. The van der Waals surface area contributed by atoms with Gasteiger partial charge in [-0.25, -0.2) is 0 Å². The number of rotatable bonds is 7. The number of nitrogens with two attached hydrogens (primary N) is 2. The highest BCUT2D eigenvalue weighted by Crippen LogP contribution is 2.25. The fourth-order valence-electron chi connectivity index (χ4n) is 2.00. The highest BCUT2D eigenvalue weighted by molar-refractivity contribution is 5.75. The van der Waals surface area contributed by atoms with E-state index in [9.17, 15) is 9.59 Å². The van der Waals surface area contributed by atoms with Crippen molar-refractivity contribution in [3.05, 3.63) is 47.5 Å². The molecule has 0 fully saturated rings.